The number of fused-ring (bicyclic) bond motifs is 1. The Labute approximate surface area is 133 Å². The van der Waals surface area contributed by atoms with E-state index in [1.54, 1.807) is 12.1 Å². The van der Waals surface area contributed by atoms with Crippen LogP contribution in [0.5, 0.6) is 0 Å². The van der Waals surface area contributed by atoms with E-state index in [1.165, 1.54) is 11.8 Å². The van der Waals surface area contributed by atoms with Crippen molar-refractivity contribution in [3.8, 4) is 0 Å². The van der Waals surface area contributed by atoms with Gasteiger partial charge in [0.2, 0.25) is 0 Å². The first-order chi connectivity index (χ1) is 10.7. The molecule has 0 N–H and O–H groups in total. The number of hydrogen-bond acceptors (Lipinski definition) is 3. The molecule has 114 valence electrons. The first-order valence-electron chi connectivity index (χ1n) is 7.95. The zero-order chi connectivity index (χ0) is 15.1. The van der Waals surface area contributed by atoms with Crippen molar-refractivity contribution in [2.75, 3.05) is 5.75 Å². The zero-order valence-corrected chi connectivity index (χ0v) is 13.2. The van der Waals surface area contributed by atoms with E-state index in [4.69, 9.17) is 4.99 Å². The number of Topliss-reactive ketones (excluding diaryl/α,β-unsaturated/α-hetero) is 1. The second kappa shape index (κ2) is 5.65. The second-order valence-electron chi connectivity index (χ2n) is 6.17. The van der Waals surface area contributed by atoms with Gasteiger partial charge in [0, 0.05) is 29.3 Å². The molecule has 22 heavy (non-hydrogen) atoms. The minimum Gasteiger partial charge on any atom is -0.294 e. The highest BCUT2D eigenvalue weighted by Gasteiger charge is 2.41. The lowest BCUT2D eigenvalue weighted by atomic mass is 9.76. The summed E-state index contributed by atoms with van der Waals surface area (Å²) in [4.78, 5) is 17.4. The average molecular weight is 315 g/mol. The quantitative estimate of drug-likeness (QED) is 0.774. The normalized spacial score (nSPS) is 28.0. The first kappa shape index (κ1) is 14.2. The SMILES string of the molecule is O=C1CCCC2=C1C(c1cccc(F)c1)C1SCCCC1=N2. The van der Waals surface area contributed by atoms with Crippen LogP contribution >= 0.6 is 11.8 Å². The first-order valence-corrected chi connectivity index (χ1v) is 8.99. The summed E-state index contributed by atoms with van der Waals surface area (Å²) < 4.78 is 13.7. The number of halogens is 1. The van der Waals surface area contributed by atoms with Crippen molar-refractivity contribution >= 4 is 23.3 Å². The van der Waals surface area contributed by atoms with Crippen molar-refractivity contribution in [3.05, 3.63) is 46.9 Å². The highest BCUT2D eigenvalue weighted by Crippen LogP contribution is 2.46. The number of allylic oxidation sites excluding steroid dienone is 2. The fourth-order valence-electron chi connectivity index (χ4n) is 3.79. The number of nitrogens with zero attached hydrogens (tertiary/aromatic N) is 1. The lowest BCUT2D eigenvalue weighted by Crippen LogP contribution is -2.36. The van der Waals surface area contributed by atoms with Crippen LogP contribution in [0, 0.1) is 5.82 Å². The molecule has 2 atom stereocenters. The van der Waals surface area contributed by atoms with Gasteiger partial charge >= 0.3 is 0 Å². The van der Waals surface area contributed by atoms with Gasteiger partial charge in [-0.2, -0.15) is 11.8 Å². The van der Waals surface area contributed by atoms with Crippen molar-refractivity contribution in [3.63, 3.8) is 0 Å². The van der Waals surface area contributed by atoms with Crippen LogP contribution in [0.2, 0.25) is 0 Å². The molecule has 0 aromatic heterocycles. The standard InChI is InChI=1S/C18H18FNOS/c19-12-5-1-4-11(10-12)16-17-13(6-2-8-15(17)21)20-14-7-3-9-22-18(14)16/h1,4-5,10,16,18H,2-3,6-9H2. The number of hydrogen-bond donors (Lipinski definition) is 0. The summed E-state index contributed by atoms with van der Waals surface area (Å²) in [6.45, 7) is 0. The molecule has 0 bridgehead atoms. The Kier molecular flexibility index (Phi) is 3.65. The average Bonchev–Trinajstić information content (AvgIpc) is 2.53. The van der Waals surface area contributed by atoms with E-state index in [0.717, 1.165) is 48.3 Å². The van der Waals surface area contributed by atoms with Gasteiger partial charge in [0.1, 0.15) is 5.82 Å². The molecule has 0 amide bonds. The molecule has 2 nitrogen and oxygen atoms in total. The van der Waals surface area contributed by atoms with Gasteiger partial charge in [0.25, 0.3) is 0 Å². The second-order valence-corrected chi connectivity index (χ2v) is 7.42. The van der Waals surface area contributed by atoms with Gasteiger partial charge in [-0.3, -0.25) is 9.79 Å². The Bertz CT molecular complexity index is 694. The van der Waals surface area contributed by atoms with Gasteiger partial charge in [0.15, 0.2) is 5.78 Å². The van der Waals surface area contributed by atoms with Crippen molar-refractivity contribution in [1.82, 2.24) is 0 Å². The van der Waals surface area contributed by atoms with E-state index < -0.39 is 0 Å². The summed E-state index contributed by atoms with van der Waals surface area (Å²) in [5, 5.41) is 0.205. The van der Waals surface area contributed by atoms with Crippen LogP contribution in [0.25, 0.3) is 0 Å². The zero-order valence-electron chi connectivity index (χ0n) is 12.3. The van der Waals surface area contributed by atoms with Gasteiger partial charge in [-0.15, -0.1) is 0 Å². The Morgan fingerprint density at radius 2 is 2.09 bits per heavy atom. The van der Waals surface area contributed by atoms with Gasteiger partial charge in [-0.1, -0.05) is 12.1 Å². The van der Waals surface area contributed by atoms with Gasteiger partial charge in [-0.25, -0.2) is 4.39 Å². The van der Waals surface area contributed by atoms with E-state index in [-0.39, 0.29) is 22.8 Å². The lowest BCUT2D eigenvalue weighted by Gasteiger charge is -2.38. The molecule has 1 aromatic carbocycles. The molecule has 2 heterocycles. The van der Waals surface area contributed by atoms with Crippen molar-refractivity contribution in [2.45, 2.75) is 43.3 Å². The van der Waals surface area contributed by atoms with E-state index in [9.17, 15) is 9.18 Å². The summed E-state index contributed by atoms with van der Waals surface area (Å²) in [5.74, 6) is 1.06. The summed E-state index contributed by atoms with van der Waals surface area (Å²) >= 11 is 1.87. The van der Waals surface area contributed by atoms with Crippen molar-refractivity contribution in [2.24, 2.45) is 4.99 Å². The smallest absolute Gasteiger partial charge is 0.161 e. The Balaban J connectivity index is 1.87. The number of thioether (sulfide) groups is 1. The third-order valence-electron chi connectivity index (χ3n) is 4.73. The summed E-state index contributed by atoms with van der Waals surface area (Å²) in [6.07, 6.45) is 4.53. The van der Waals surface area contributed by atoms with E-state index in [2.05, 4.69) is 0 Å². The highest BCUT2D eigenvalue weighted by atomic mass is 32.2. The molecule has 1 aliphatic carbocycles. The predicted molar refractivity (Wildman–Crippen MR) is 87.9 cm³/mol. The molecule has 0 saturated carbocycles. The van der Waals surface area contributed by atoms with Crippen LogP contribution in [0.4, 0.5) is 4.39 Å². The van der Waals surface area contributed by atoms with Gasteiger partial charge < -0.3 is 0 Å². The van der Waals surface area contributed by atoms with Crippen LogP contribution in [-0.4, -0.2) is 22.5 Å². The highest BCUT2D eigenvalue weighted by molar-refractivity contribution is 8.00. The predicted octanol–water partition coefficient (Wildman–Crippen LogP) is 4.27. The van der Waals surface area contributed by atoms with E-state index >= 15 is 0 Å². The fraction of sp³-hybridized carbons (Fsp3) is 0.444. The topological polar surface area (TPSA) is 29.4 Å². The number of carbonyl (C=O) groups excluding carboxylic acids is 1. The summed E-state index contributed by atoms with van der Waals surface area (Å²) in [5.41, 5.74) is 3.97. The molecule has 2 aliphatic heterocycles. The summed E-state index contributed by atoms with van der Waals surface area (Å²) in [7, 11) is 0. The van der Waals surface area contributed by atoms with Crippen LogP contribution in [-0.2, 0) is 4.79 Å². The molecular formula is C18H18FNOS. The maximum atomic E-state index is 13.7. The largest absolute Gasteiger partial charge is 0.294 e. The van der Waals surface area contributed by atoms with Gasteiger partial charge in [0.05, 0.1) is 5.25 Å². The molecular weight excluding hydrogens is 297 g/mol. The molecule has 3 aliphatic rings. The Morgan fingerprint density at radius 1 is 1.18 bits per heavy atom. The molecule has 1 saturated heterocycles. The molecule has 4 rings (SSSR count). The maximum Gasteiger partial charge on any atom is 0.161 e. The number of ketones is 1. The lowest BCUT2D eigenvalue weighted by molar-refractivity contribution is -0.116. The monoisotopic (exact) mass is 315 g/mol. The molecule has 1 aromatic rings. The molecule has 0 radical (unpaired) electrons. The van der Waals surface area contributed by atoms with Crippen LogP contribution in [0.15, 0.2) is 40.5 Å². The fourth-order valence-corrected chi connectivity index (χ4v) is 5.21. The Hall–Kier alpha value is -1.42. The van der Waals surface area contributed by atoms with Crippen LogP contribution < -0.4 is 0 Å². The van der Waals surface area contributed by atoms with E-state index in [0.29, 0.717) is 6.42 Å². The maximum absolute atomic E-state index is 13.7. The van der Waals surface area contributed by atoms with Gasteiger partial charge in [-0.05, 0) is 49.1 Å². The number of rotatable bonds is 1. The number of aliphatic imine (C=N–C) groups is 1. The third kappa shape index (κ3) is 2.34. The Morgan fingerprint density at radius 3 is 2.95 bits per heavy atom. The minimum absolute atomic E-state index is 0.0173. The summed E-state index contributed by atoms with van der Waals surface area (Å²) in [6, 6.07) is 6.76. The van der Waals surface area contributed by atoms with Crippen molar-refractivity contribution in [1.29, 1.82) is 0 Å². The minimum atomic E-state index is -0.229. The molecule has 4 heteroatoms. The van der Waals surface area contributed by atoms with Crippen LogP contribution in [0.3, 0.4) is 0 Å². The number of benzene rings is 1. The molecule has 0 spiro atoms. The molecule has 2 unspecified atom stereocenters. The third-order valence-corrected chi connectivity index (χ3v) is 6.16. The van der Waals surface area contributed by atoms with Crippen LogP contribution in [0.1, 0.15) is 43.6 Å². The number of carbonyl (C=O) groups is 1. The van der Waals surface area contributed by atoms with Crippen molar-refractivity contribution < 1.29 is 9.18 Å². The van der Waals surface area contributed by atoms with E-state index in [1.807, 2.05) is 17.8 Å². The molecule has 1 fully saturated rings.